The highest BCUT2D eigenvalue weighted by Gasteiger charge is 2.27. The van der Waals surface area contributed by atoms with E-state index in [9.17, 15) is 0 Å². The van der Waals surface area contributed by atoms with E-state index in [0.717, 1.165) is 44.0 Å². The van der Waals surface area contributed by atoms with Gasteiger partial charge in [-0.2, -0.15) is 0 Å². The Bertz CT molecular complexity index is 799. The standard InChI is InChI=1S/C26H36N2O2/c1-3-26-24-18-22(30-17-7-16-28-14-5-4-6-15-28)12-13-23(24)25(19-27-26)20-8-10-21(29-2)11-9-20/h8-13,18,25-27H,3-7,14-17,19H2,1-2H3. The molecule has 2 aliphatic rings. The van der Waals surface area contributed by atoms with Crippen molar-refractivity contribution in [2.75, 3.05) is 39.9 Å². The van der Waals surface area contributed by atoms with Crippen LogP contribution in [0.5, 0.6) is 11.5 Å². The van der Waals surface area contributed by atoms with Gasteiger partial charge in [-0.3, -0.25) is 0 Å². The van der Waals surface area contributed by atoms with E-state index in [2.05, 4.69) is 59.6 Å². The molecule has 0 amide bonds. The maximum Gasteiger partial charge on any atom is 0.119 e. The van der Waals surface area contributed by atoms with Crippen LogP contribution in [0.1, 0.15) is 67.7 Å². The van der Waals surface area contributed by atoms with Crippen molar-refractivity contribution in [3.63, 3.8) is 0 Å². The monoisotopic (exact) mass is 408 g/mol. The molecule has 1 N–H and O–H groups in total. The lowest BCUT2D eigenvalue weighted by molar-refractivity contribution is 0.205. The first-order valence-corrected chi connectivity index (χ1v) is 11.6. The van der Waals surface area contributed by atoms with Crippen LogP contribution < -0.4 is 14.8 Å². The van der Waals surface area contributed by atoms with Crippen LogP contribution in [0.3, 0.4) is 0 Å². The summed E-state index contributed by atoms with van der Waals surface area (Å²) in [5, 5.41) is 3.75. The molecule has 0 aromatic heterocycles. The zero-order valence-electron chi connectivity index (χ0n) is 18.5. The lowest BCUT2D eigenvalue weighted by Crippen LogP contribution is -2.33. The molecular weight excluding hydrogens is 372 g/mol. The minimum atomic E-state index is 0.363. The third-order valence-electron chi connectivity index (χ3n) is 6.64. The molecule has 0 aliphatic carbocycles. The van der Waals surface area contributed by atoms with Crippen LogP contribution in [-0.4, -0.2) is 44.8 Å². The quantitative estimate of drug-likeness (QED) is 0.614. The van der Waals surface area contributed by atoms with Crippen LogP contribution in [0.2, 0.25) is 0 Å². The van der Waals surface area contributed by atoms with Gasteiger partial charge in [0.2, 0.25) is 0 Å². The predicted molar refractivity (Wildman–Crippen MR) is 123 cm³/mol. The second-order valence-electron chi connectivity index (χ2n) is 8.59. The Kier molecular flexibility index (Phi) is 7.29. The van der Waals surface area contributed by atoms with Crippen LogP contribution in [0.15, 0.2) is 42.5 Å². The van der Waals surface area contributed by atoms with E-state index in [-0.39, 0.29) is 0 Å². The number of nitrogens with one attached hydrogen (secondary N) is 1. The molecule has 0 radical (unpaired) electrons. The maximum absolute atomic E-state index is 6.16. The Balaban J connectivity index is 1.42. The summed E-state index contributed by atoms with van der Waals surface area (Å²) < 4.78 is 11.5. The molecule has 2 aromatic carbocycles. The maximum atomic E-state index is 6.16. The summed E-state index contributed by atoms with van der Waals surface area (Å²) in [7, 11) is 1.71. The molecule has 162 valence electrons. The van der Waals surface area contributed by atoms with Crippen molar-refractivity contribution in [3.8, 4) is 11.5 Å². The summed E-state index contributed by atoms with van der Waals surface area (Å²) in [5.41, 5.74) is 4.14. The molecule has 2 heterocycles. The zero-order chi connectivity index (χ0) is 20.8. The van der Waals surface area contributed by atoms with E-state index in [0.29, 0.717) is 12.0 Å². The van der Waals surface area contributed by atoms with E-state index in [4.69, 9.17) is 9.47 Å². The van der Waals surface area contributed by atoms with E-state index in [1.807, 2.05) is 0 Å². The lowest BCUT2D eigenvalue weighted by Gasteiger charge is -2.33. The van der Waals surface area contributed by atoms with Crippen LogP contribution in [-0.2, 0) is 0 Å². The predicted octanol–water partition coefficient (Wildman–Crippen LogP) is 5.14. The van der Waals surface area contributed by atoms with Crippen molar-refractivity contribution >= 4 is 0 Å². The van der Waals surface area contributed by atoms with Crippen molar-refractivity contribution in [2.24, 2.45) is 0 Å². The first kappa shape index (κ1) is 21.2. The summed E-state index contributed by atoms with van der Waals surface area (Å²) in [5.74, 6) is 2.27. The third-order valence-corrected chi connectivity index (χ3v) is 6.64. The van der Waals surface area contributed by atoms with Gasteiger partial charge in [-0.25, -0.2) is 0 Å². The highest BCUT2D eigenvalue weighted by molar-refractivity contribution is 5.46. The molecule has 2 aliphatic heterocycles. The molecule has 4 nitrogen and oxygen atoms in total. The molecule has 4 heteroatoms. The average Bonchev–Trinajstić information content (AvgIpc) is 2.82. The summed E-state index contributed by atoms with van der Waals surface area (Å²) >= 11 is 0. The van der Waals surface area contributed by atoms with Crippen molar-refractivity contribution in [1.82, 2.24) is 10.2 Å². The largest absolute Gasteiger partial charge is 0.497 e. The average molecular weight is 409 g/mol. The molecule has 2 atom stereocenters. The number of nitrogens with zero attached hydrogens (tertiary/aromatic N) is 1. The summed E-state index contributed by atoms with van der Waals surface area (Å²) in [6.07, 6.45) is 6.28. The zero-order valence-corrected chi connectivity index (χ0v) is 18.5. The number of ether oxygens (including phenoxy) is 2. The lowest BCUT2D eigenvalue weighted by atomic mass is 9.82. The Morgan fingerprint density at radius 1 is 0.967 bits per heavy atom. The molecule has 0 saturated carbocycles. The van der Waals surface area contributed by atoms with Gasteiger partial charge in [0.25, 0.3) is 0 Å². The van der Waals surface area contributed by atoms with Crippen molar-refractivity contribution in [3.05, 3.63) is 59.2 Å². The minimum absolute atomic E-state index is 0.363. The van der Waals surface area contributed by atoms with Gasteiger partial charge in [-0.1, -0.05) is 31.5 Å². The van der Waals surface area contributed by atoms with Crippen molar-refractivity contribution in [2.45, 2.75) is 51.0 Å². The molecule has 1 fully saturated rings. The van der Waals surface area contributed by atoms with Crippen LogP contribution in [0, 0.1) is 0 Å². The SMILES string of the molecule is CCC1NCC(c2ccc(OC)cc2)c2ccc(OCCCN3CCCCC3)cc21. The second-order valence-corrected chi connectivity index (χ2v) is 8.59. The summed E-state index contributed by atoms with van der Waals surface area (Å²) in [4.78, 5) is 2.58. The number of rotatable bonds is 8. The van der Waals surface area contributed by atoms with Crippen LogP contribution >= 0.6 is 0 Å². The highest BCUT2D eigenvalue weighted by Crippen LogP contribution is 2.38. The van der Waals surface area contributed by atoms with E-state index < -0.39 is 0 Å². The molecule has 2 aromatic rings. The third kappa shape index (κ3) is 4.98. The van der Waals surface area contributed by atoms with Crippen molar-refractivity contribution in [1.29, 1.82) is 0 Å². The van der Waals surface area contributed by atoms with Gasteiger partial charge in [0, 0.05) is 25.0 Å². The Labute approximate surface area is 181 Å². The number of hydrogen-bond acceptors (Lipinski definition) is 4. The fourth-order valence-electron chi connectivity index (χ4n) is 4.90. The molecule has 4 rings (SSSR count). The molecule has 0 bridgehead atoms. The van der Waals surface area contributed by atoms with Gasteiger partial charge in [-0.15, -0.1) is 0 Å². The molecule has 2 unspecified atom stereocenters. The smallest absolute Gasteiger partial charge is 0.119 e. The Morgan fingerprint density at radius 2 is 1.73 bits per heavy atom. The molecular formula is C26H36N2O2. The number of fused-ring (bicyclic) bond motifs is 1. The first-order valence-electron chi connectivity index (χ1n) is 11.6. The van der Waals surface area contributed by atoms with Gasteiger partial charge in [-0.05, 0) is 79.7 Å². The Hall–Kier alpha value is -2.04. The normalized spacial score (nSPS) is 21.8. The number of methoxy groups -OCH3 is 1. The van der Waals surface area contributed by atoms with Crippen LogP contribution in [0.25, 0.3) is 0 Å². The van der Waals surface area contributed by atoms with E-state index >= 15 is 0 Å². The number of likely N-dealkylation sites (tertiary alicyclic amines) is 1. The fourth-order valence-corrected chi connectivity index (χ4v) is 4.90. The second kappa shape index (κ2) is 10.3. The van der Waals surface area contributed by atoms with E-state index in [1.165, 1.54) is 49.0 Å². The summed E-state index contributed by atoms with van der Waals surface area (Å²) in [6, 6.07) is 15.6. The highest BCUT2D eigenvalue weighted by atomic mass is 16.5. The van der Waals surface area contributed by atoms with Gasteiger partial charge in [0.05, 0.1) is 13.7 Å². The Morgan fingerprint density at radius 3 is 2.47 bits per heavy atom. The van der Waals surface area contributed by atoms with Gasteiger partial charge in [0.15, 0.2) is 0 Å². The topological polar surface area (TPSA) is 33.7 Å². The minimum Gasteiger partial charge on any atom is -0.497 e. The van der Waals surface area contributed by atoms with Gasteiger partial charge < -0.3 is 19.7 Å². The molecule has 1 saturated heterocycles. The van der Waals surface area contributed by atoms with Gasteiger partial charge >= 0.3 is 0 Å². The number of piperidine rings is 1. The van der Waals surface area contributed by atoms with Gasteiger partial charge in [0.1, 0.15) is 11.5 Å². The number of benzene rings is 2. The van der Waals surface area contributed by atoms with E-state index in [1.54, 1.807) is 7.11 Å². The van der Waals surface area contributed by atoms with Crippen LogP contribution in [0.4, 0.5) is 0 Å². The van der Waals surface area contributed by atoms with Crippen molar-refractivity contribution < 1.29 is 9.47 Å². The molecule has 0 spiro atoms. The molecule has 30 heavy (non-hydrogen) atoms. The summed E-state index contributed by atoms with van der Waals surface area (Å²) in [6.45, 7) is 7.69. The fraction of sp³-hybridized carbons (Fsp3) is 0.538. The first-order chi connectivity index (χ1) is 14.8. The number of hydrogen-bond donors (Lipinski definition) is 1.